The van der Waals surface area contributed by atoms with E-state index in [2.05, 4.69) is 26.6 Å². The van der Waals surface area contributed by atoms with Crippen molar-refractivity contribution in [3.8, 4) is 5.75 Å². The van der Waals surface area contributed by atoms with Gasteiger partial charge in [-0.15, -0.1) is 12.4 Å². The van der Waals surface area contributed by atoms with E-state index in [1.165, 1.54) is 0 Å². The maximum Gasteiger partial charge on any atom is 0.223 e. The van der Waals surface area contributed by atoms with Crippen LogP contribution in [-0.4, -0.2) is 32.1 Å². The molecule has 1 atom stereocenters. The van der Waals surface area contributed by atoms with Crippen LogP contribution in [0, 0.1) is 0 Å². The molecule has 1 aromatic carbocycles. The Morgan fingerprint density at radius 1 is 1.50 bits per heavy atom. The molecule has 2 N–H and O–H groups in total. The molecule has 20 heavy (non-hydrogen) atoms. The van der Waals surface area contributed by atoms with Crippen LogP contribution in [0.25, 0.3) is 0 Å². The Hall–Kier alpha value is -0.490. The van der Waals surface area contributed by atoms with E-state index in [1.807, 2.05) is 14.0 Å². The lowest BCUT2D eigenvalue weighted by atomic mass is 10.3. The number of nitrogens with one attached hydrogen (secondary N) is 2. The highest BCUT2D eigenvalue weighted by Crippen LogP contribution is 2.27. The van der Waals surface area contributed by atoms with E-state index >= 15 is 0 Å². The molecule has 0 aromatic heterocycles. The van der Waals surface area contributed by atoms with Gasteiger partial charge in [0, 0.05) is 17.6 Å². The molecule has 114 valence electrons. The summed E-state index contributed by atoms with van der Waals surface area (Å²) in [6.45, 7) is 2.95. The van der Waals surface area contributed by atoms with Crippen molar-refractivity contribution in [3.05, 3.63) is 27.7 Å². The maximum absolute atomic E-state index is 11.5. The second-order valence-electron chi connectivity index (χ2n) is 4.17. The molecular weight excluding hydrogens is 367 g/mol. The van der Waals surface area contributed by atoms with Crippen LogP contribution in [0.2, 0.25) is 5.02 Å². The Kier molecular flexibility index (Phi) is 10.0. The van der Waals surface area contributed by atoms with Gasteiger partial charge in [0.05, 0.1) is 17.5 Å². The maximum atomic E-state index is 11.5. The van der Waals surface area contributed by atoms with Crippen LogP contribution in [-0.2, 0) is 4.79 Å². The van der Waals surface area contributed by atoms with Crippen molar-refractivity contribution in [1.29, 1.82) is 0 Å². The van der Waals surface area contributed by atoms with Crippen LogP contribution in [0.4, 0.5) is 0 Å². The lowest BCUT2D eigenvalue weighted by molar-refractivity contribution is -0.121. The molecule has 0 spiro atoms. The second kappa shape index (κ2) is 10.3. The fourth-order valence-corrected chi connectivity index (χ4v) is 2.10. The molecule has 0 aliphatic carbocycles. The molecule has 4 nitrogen and oxygen atoms in total. The predicted molar refractivity (Wildman–Crippen MR) is 88.0 cm³/mol. The van der Waals surface area contributed by atoms with E-state index in [-0.39, 0.29) is 24.4 Å². The molecule has 0 fully saturated rings. The topological polar surface area (TPSA) is 50.4 Å². The molecule has 0 aliphatic heterocycles. The summed E-state index contributed by atoms with van der Waals surface area (Å²) in [6.07, 6.45) is 0.325. The first-order valence-electron chi connectivity index (χ1n) is 6.04. The summed E-state index contributed by atoms with van der Waals surface area (Å²) in [7, 11) is 1.86. The van der Waals surface area contributed by atoms with Gasteiger partial charge in [-0.05, 0) is 48.1 Å². The zero-order chi connectivity index (χ0) is 14.3. The Labute approximate surface area is 139 Å². The smallest absolute Gasteiger partial charge is 0.223 e. The summed E-state index contributed by atoms with van der Waals surface area (Å²) in [5, 5.41) is 6.52. The number of rotatable bonds is 7. The summed E-state index contributed by atoms with van der Waals surface area (Å²) in [5.74, 6) is 0.660. The van der Waals surface area contributed by atoms with E-state index < -0.39 is 0 Å². The summed E-state index contributed by atoms with van der Waals surface area (Å²) < 4.78 is 6.30. The van der Waals surface area contributed by atoms with Crippen LogP contribution in [0.3, 0.4) is 0 Å². The van der Waals surface area contributed by atoms with Crippen molar-refractivity contribution < 1.29 is 9.53 Å². The average Bonchev–Trinajstić information content (AvgIpc) is 2.38. The van der Waals surface area contributed by atoms with Crippen LogP contribution >= 0.6 is 39.9 Å². The number of benzene rings is 1. The third-order valence-electron chi connectivity index (χ3n) is 2.58. The Bertz CT molecular complexity index is 433. The summed E-state index contributed by atoms with van der Waals surface area (Å²) >= 11 is 9.19. The van der Waals surface area contributed by atoms with Crippen LogP contribution in [0.1, 0.15) is 13.3 Å². The van der Waals surface area contributed by atoms with E-state index in [9.17, 15) is 4.79 Å². The predicted octanol–water partition coefficient (Wildman–Crippen LogP) is 3.02. The number of carbonyl (C=O) groups excluding carboxylic acids is 1. The summed E-state index contributed by atoms with van der Waals surface area (Å²) in [5.41, 5.74) is 0. The Morgan fingerprint density at radius 3 is 2.80 bits per heavy atom. The number of halogens is 3. The highest BCUT2D eigenvalue weighted by Gasteiger charge is 2.06. The highest BCUT2D eigenvalue weighted by molar-refractivity contribution is 9.10. The first-order chi connectivity index (χ1) is 9.02. The quantitative estimate of drug-likeness (QED) is 0.758. The van der Waals surface area contributed by atoms with Gasteiger partial charge in [-0.25, -0.2) is 0 Å². The largest absolute Gasteiger partial charge is 0.492 e. The number of hydrogen-bond donors (Lipinski definition) is 2. The molecule has 0 radical (unpaired) electrons. The van der Waals surface area contributed by atoms with Gasteiger partial charge >= 0.3 is 0 Å². The number of ether oxygens (including phenoxy) is 1. The zero-order valence-corrected chi connectivity index (χ0v) is 14.6. The second-order valence-corrected chi connectivity index (χ2v) is 5.46. The van der Waals surface area contributed by atoms with Gasteiger partial charge in [-0.1, -0.05) is 11.6 Å². The van der Waals surface area contributed by atoms with Gasteiger partial charge in [0.2, 0.25) is 5.91 Å². The summed E-state index contributed by atoms with van der Waals surface area (Å²) in [6, 6.07) is 5.53. The van der Waals surface area contributed by atoms with Crippen molar-refractivity contribution in [2.75, 3.05) is 20.2 Å². The van der Waals surface area contributed by atoms with Crippen LogP contribution < -0.4 is 15.4 Å². The molecular formula is C13H19BrCl2N2O2. The third-order valence-corrected chi connectivity index (χ3v) is 3.43. The van der Waals surface area contributed by atoms with E-state index in [4.69, 9.17) is 16.3 Å². The van der Waals surface area contributed by atoms with Gasteiger partial charge in [-0.2, -0.15) is 0 Å². The molecule has 0 bridgehead atoms. The van der Waals surface area contributed by atoms with Gasteiger partial charge in [0.25, 0.3) is 0 Å². The lowest BCUT2D eigenvalue weighted by Crippen LogP contribution is -2.37. The number of carbonyl (C=O) groups is 1. The van der Waals surface area contributed by atoms with E-state index in [0.29, 0.717) is 30.3 Å². The number of hydrogen-bond acceptors (Lipinski definition) is 3. The molecule has 0 aliphatic rings. The number of likely N-dealkylation sites (N-methyl/N-ethyl adjacent to an activating group) is 1. The first kappa shape index (κ1) is 19.5. The van der Waals surface area contributed by atoms with Crippen molar-refractivity contribution in [2.45, 2.75) is 19.4 Å². The van der Waals surface area contributed by atoms with Gasteiger partial charge in [0.1, 0.15) is 5.75 Å². The average molecular weight is 386 g/mol. The van der Waals surface area contributed by atoms with Crippen molar-refractivity contribution in [3.63, 3.8) is 0 Å². The SMILES string of the molecule is CNC(C)CNC(=O)CCOc1ccc(Cl)cc1Br.Cl. The molecule has 7 heteroatoms. The van der Waals surface area contributed by atoms with Crippen molar-refractivity contribution in [2.24, 2.45) is 0 Å². The lowest BCUT2D eigenvalue weighted by Gasteiger charge is -2.12. The fraction of sp³-hybridized carbons (Fsp3) is 0.462. The molecule has 1 unspecified atom stereocenters. The molecule has 1 aromatic rings. The van der Waals surface area contributed by atoms with Gasteiger partial charge in [-0.3, -0.25) is 4.79 Å². The summed E-state index contributed by atoms with van der Waals surface area (Å²) in [4.78, 5) is 11.5. The molecule has 0 saturated heterocycles. The number of amides is 1. The molecule has 1 rings (SSSR count). The fourth-order valence-electron chi connectivity index (χ4n) is 1.30. The van der Waals surface area contributed by atoms with Crippen molar-refractivity contribution >= 4 is 45.8 Å². The first-order valence-corrected chi connectivity index (χ1v) is 7.22. The normalized spacial score (nSPS) is 11.4. The van der Waals surface area contributed by atoms with E-state index in [0.717, 1.165) is 4.47 Å². The minimum atomic E-state index is -0.0211. The molecule has 1 amide bonds. The molecule has 0 heterocycles. The zero-order valence-electron chi connectivity index (χ0n) is 11.4. The van der Waals surface area contributed by atoms with Crippen LogP contribution in [0.15, 0.2) is 22.7 Å². The third kappa shape index (κ3) is 7.33. The minimum absolute atomic E-state index is 0. The van der Waals surface area contributed by atoms with Crippen molar-refractivity contribution in [1.82, 2.24) is 10.6 Å². The Morgan fingerprint density at radius 2 is 2.20 bits per heavy atom. The standard InChI is InChI=1S/C13H18BrClN2O2.ClH/c1-9(16-2)8-17-13(18)5-6-19-12-4-3-10(15)7-11(12)14;/h3-4,7,9,16H,5-6,8H2,1-2H3,(H,17,18);1H. The highest BCUT2D eigenvalue weighted by atomic mass is 79.9. The Balaban J connectivity index is 0.00000361. The minimum Gasteiger partial charge on any atom is -0.492 e. The van der Waals surface area contributed by atoms with E-state index in [1.54, 1.807) is 18.2 Å². The van der Waals surface area contributed by atoms with Gasteiger partial charge in [0.15, 0.2) is 0 Å². The molecule has 0 saturated carbocycles. The van der Waals surface area contributed by atoms with Gasteiger partial charge < -0.3 is 15.4 Å². The monoisotopic (exact) mass is 384 g/mol. The van der Waals surface area contributed by atoms with Crippen LogP contribution in [0.5, 0.6) is 5.75 Å².